The minimum Gasteiger partial charge on any atom is -0.353 e. The van der Waals surface area contributed by atoms with E-state index in [1.807, 2.05) is 0 Å². The van der Waals surface area contributed by atoms with Gasteiger partial charge in [0.15, 0.2) is 0 Å². The Morgan fingerprint density at radius 3 is 2.59 bits per heavy atom. The second-order valence-electron chi connectivity index (χ2n) is 6.27. The van der Waals surface area contributed by atoms with Crippen LogP contribution in [0.4, 0.5) is 0 Å². The number of hydrogen-bond donors (Lipinski definition) is 2. The van der Waals surface area contributed by atoms with Crippen LogP contribution in [0.2, 0.25) is 0 Å². The molecule has 2 fully saturated rings. The summed E-state index contributed by atoms with van der Waals surface area (Å²) in [4.78, 5) is 12.1. The van der Waals surface area contributed by atoms with Crippen molar-refractivity contribution in [1.82, 2.24) is 10.6 Å². The van der Waals surface area contributed by atoms with E-state index in [1.54, 1.807) is 0 Å². The second-order valence-corrected chi connectivity index (χ2v) is 6.27. The number of amides is 1. The fourth-order valence-corrected chi connectivity index (χ4v) is 3.12. The number of hydrogen-bond acceptors (Lipinski definition) is 2. The summed E-state index contributed by atoms with van der Waals surface area (Å²) < 4.78 is 0. The third-order valence-electron chi connectivity index (χ3n) is 4.20. The van der Waals surface area contributed by atoms with E-state index in [2.05, 4.69) is 31.4 Å². The molecule has 2 aliphatic rings. The molecule has 0 radical (unpaired) electrons. The van der Waals surface area contributed by atoms with Gasteiger partial charge >= 0.3 is 0 Å². The molecule has 2 heterocycles. The van der Waals surface area contributed by atoms with Crippen molar-refractivity contribution in [2.75, 3.05) is 0 Å². The second kappa shape index (κ2) is 5.38. The maximum absolute atomic E-state index is 12.1. The van der Waals surface area contributed by atoms with Crippen LogP contribution in [0.3, 0.4) is 0 Å². The Morgan fingerprint density at radius 1 is 1.29 bits per heavy atom. The first-order chi connectivity index (χ1) is 8.06. The lowest BCUT2D eigenvalue weighted by molar-refractivity contribution is -0.126. The van der Waals surface area contributed by atoms with Crippen molar-refractivity contribution in [3.8, 4) is 0 Å². The van der Waals surface area contributed by atoms with Crippen LogP contribution in [0.1, 0.15) is 52.9 Å². The van der Waals surface area contributed by atoms with Crippen molar-refractivity contribution in [2.45, 2.75) is 71.0 Å². The molecule has 0 aromatic heterocycles. The lowest BCUT2D eigenvalue weighted by Crippen LogP contribution is -2.41. The highest BCUT2D eigenvalue weighted by Gasteiger charge is 2.42. The molecule has 2 N–H and O–H groups in total. The van der Waals surface area contributed by atoms with Crippen molar-refractivity contribution >= 4 is 5.91 Å². The van der Waals surface area contributed by atoms with Gasteiger partial charge in [-0.3, -0.25) is 4.79 Å². The normalized spacial score (nSPS) is 33.1. The van der Waals surface area contributed by atoms with E-state index in [0.29, 0.717) is 18.1 Å². The monoisotopic (exact) mass is 238 g/mol. The molecule has 2 saturated heterocycles. The third kappa shape index (κ3) is 3.21. The van der Waals surface area contributed by atoms with E-state index < -0.39 is 0 Å². The van der Waals surface area contributed by atoms with Gasteiger partial charge in [0.25, 0.3) is 0 Å². The molecular weight excluding hydrogens is 212 g/mol. The number of fused-ring (bicyclic) bond motifs is 2. The molecule has 0 saturated carbocycles. The van der Waals surface area contributed by atoms with E-state index in [0.717, 1.165) is 18.8 Å². The fourth-order valence-electron chi connectivity index (χ4n) is 3.12. The molecule has 2 aliphatic heterocycles. The van der Waals surface area contributed by atoms with Crippen LogP contribution in [0.5, 0.6) is 0 Å². The Hall–Kier alpha value is -0.570. The summed E-state index contributed by atoms with van der Waals surface area (Å²) in [5, 5.41) is 6.70. The lowest BCUT2D eigenvalue weighted by atomic mass is 9.88. The predicted molar refractivity (Wildman–Crippen MR) is 69.7 cm³/mol. The number of rotatable bonds is 5. The van der Waals surface area contributed by atoms with E-state index in [1.165, 1.54) is 19.3 Å². The van der Waals surface area contributed by atoms with Crippen LogP contribution in [0.25, 0.3) is 0 Å². The number of nitrogens with one attached hydrogen (secondary N) is 2. The van der Waals surface area contributed by atoms with Gasteiger partial charge in [-0.1, -0.05) is 13.8 Å². The summed E-state index contributed by atoms with van der Waals surface area (Å²) in [6.07, 6.45) is 5.78. The quantitative estimate of drug-likeness (QED) is 0.770. The van der Waals surface area contributed by atoms with Crippen molar-refractivity contribution < 1.29 is 4.79 Å². The first-order valence-electron chi connectivity index (χ1n) is 7.12. The maximum Gasteiger partial charge on any atom is 0.224 e. The van der Waals surface area contributed by atoms with Crippen molar-refractivity contribution in [3.05, 3.63) is 0 Å². The molecule has 17 heavy (non-hydrogen) atoms. The zero-order valence-corrected chi connectivity index (χ0v) is 11.3. The summed E-state index contributed by atoms with van der Waals surface area (Å²) in [5.41, 5.74) is 0. The van der Waals surface area contributed by atoms with Gasteiger partial charge in [-0.15, -0.1) is 0 Å². The smallest absolute Gasteiger partial charge is 0.224 e. The molecular formula is C14H26N2O. The molecule has 0 aliphatic carbocycles. The van der Waals surface area contributed by atoms with Gasteiger partial charge in [-0.25, -0.2) is 0 Å². The Balaban J connectivity index is 1.73. The van der Waals surface area contributed by atoms with Crippen LogP contribution in [0.15, 0.2) is 0 Å². The van der Waals surface area contributed by atoms with Gasteiger partial charge in [-0.05, 0) is 44.9 Å². The average Bonchev–Trinajstić information content (AvgIpc) is 2.87. The highest BCUT2D eigenvalue weighted by atomic mass is 16.2. The largest absolute Gasteiger partial charge is 0.353 e. The van der Waals surface area contributed by atoms with E-state index >= 15 is 0 Å². The molecule has 3 nitrogen and oxygen atoms in total. The van der Waals surface area contributed by atoms with Crippen molar-refractivity contribution in [2.24, 2.45) is 11.8 Å². The fraction of sp³-hybridized carbons (Fsp3) is 0.929. The van der Waals surface area contributed by atoms with Crippen LogP contribution in [-0.4, -0.2) is 24.0 Å². The Kier molecular flexibility index (Phi) is 4.08. The van der Waals surface area contributed by atoms with Crippen LogP contribution >= 0.6 is 0 Å². The van der Waals surface area contributed by atoms with Gasteiger partial charge in [-0.2, -0.15) is 0 Å². The summed E-state index contributed by atoms with van der Waals surface area (Å²) in [6.45, 7) is 6.59. The molecule has 4 atom stereocenters. The zero-order valence-electron chi connectivity index (χ0n) is 11.3. The highest BCUT2D eigenvalue weighted by molar-refractivity contribution is 5.80. The maximum atomic E-state index is 12.1. The van der Waals surface area contributed by atoms with E-state index in [9.17, 15) is 4.79 Å². The van der Waals surface area contributed by atoms with Crippen LogP contribution < -0.4 is 10.6 Å². The lowest BCUT2D eigenvalue weighted by Gasteiger charge is -2.22. The van der Waals surface area contributed by atoms with Gasteiger partial charge in [0.2, 0.25) is 5.91 Å². The number of carbonyl (C=O) groups excluding carboxylic acids is 1. The zero-order chi connectivity index (χ0) is 12.4. The molecule has 3 heteroatoms. The predicted octanol–water partition coefficient (Wildman–Crippen LogP) is 2.07. The van der Waals surface area contributed by atoms with Crippen molar-refractivity contribution in [1.29, 1.82) is 0 Å². The van der Waals surface area contributed by atoms with E-state index in [-0.39, 0.29) is 11.8 Å². The first kappa shape index (κ1) is 12.9. The molecule has 2 rings (SSSR count). The molecule has 1 amide bonds. The minimum absolute atomic E-state index is 0.232. The third-order valence-corrected chi connectivity index (χ3v) is 4.20. The average molecular weight is 238 g/mol. The minimum atomic E-state index is 0.232. The SMILES string of the molecule is CC(C)CCC(C)NC(=O)C1CC2CCC1N2. The molecule has 2 bridgehead atoms. The summed E-state index contributed by atoms with van der Waals surface area (Å²) in [7, 11) is 0. The van der Waals surface area contributed by atoms with Crippen molar-refractivity contribution in [3.63, 3.8) is 0 Å². The summed E-state index contributed by atoms with van der Waals surface area (Å²) in [6, 6.07) is 1.39. The summed E-state index contributed by atoms with van der Waals surface area (Å²) in [5.74, 6) is 1.23. The highest BCUT2D eigenvalue weighted by Crippen LogP contribution is 2.33. The van der Waals surface area contributed by atoms with Crippen LogP contribution in [0, 0.1) is 11.8 Å². The molecule has 4 unspecified atom stereocenters. The molecule has 0 spiro atoms. The van der Waals surface area contributed by atoms with Gasteiger partial charge in [0.1, 0.15) is 0 Å². The summed E-state index contributed by atoms with van der Waals surface area (Å²) >= 11 is 0. The Bertz CT molecular complexity index is 277. The van der Waals surface area contributed by atoms with Gasteiger partial charge in [0, 0.05) is 18.1 Å². The Morgan fingerprint density at radius 2 is 2.06 bits per heavy atom. The van der Waals surface area contributed by atoms with Gasteiger partial charge in [0.05, 0.1) is 5.92 Å². The molecule has 0 aromatic carbocycles. The first-order valence-corrected chi connectivity index (χ1v) is 7.12. The standard InChI is InChI=1S/C14H26N2O/c1-9(2)4-5-10(3)15-14(17)12-8-11-6-7-13(12)16-11/h9-13,16H,4-8H2,1-3H3,(H,15,17). The van der Waals surface area contributed by atoms with Gasteiger partial charge < -0.3 is 10.6 Å². The number of carbonyl (C=O) groups is 1. The topological polar surface area (TPSA) is 41.1 Å². The van der Waals surface area contributed by atoms with Crippen LogP contribution in [-0.2, 0) is 4.79 Å². The Labute approximate surface area is 105 Å². The van der Waals surface area contributed by atoms with E-state index in [4.69, 9.17) is 0 Å². The molecule has 0 aromatic rings. The molecule has 98 valence electrons.